The summed E-state index contributed by atoms with van der Waals surface area (Å²) in [5.41, 5.74) is 1.35. The van der Waals surface area contributed by atoms with E-state index in [1.807, 2.05) is 12.1 Å². The Hall–Kier alpha value is -1.31. The van der Waals surface area contributed by atoms with Crippen molar-refractivity contribution < 1.29 is 9.90 Å². The van der Waals surface area contributed by atoms with Gasteiger partial charge in [0.05, 0.1) is 5.56 Å². The number of carboxylic acids is 1. The molecular weight excluding hydrogens is 188 g/mol. The van der Waals surface area contributed by atoms with Crippen LogP contribution in [0.15, 0.2) is 24.3 Å². The van der Waals surface area contributed by atoms with Gasteiger partial charge in [-0.25, -0.2) is 4.79 Å². The molecule has 0 heterocycles. The van der Waals surface area contributed by atoms with Gasteiger partial charge in [0.1, 0.15) is 0 Å². The normalized spacial score (nSPS) is 11.4. The van der Waals surface area contributed by atoms with Crippen LogP contribution in [0.5, 0.6) is 0 Å². The predicted molar refractivity (Wildman–Crippen MR) is 61.3 cm³/mol. The van der Waals surface area contributed by atoms with E-state index >= 15 is 0 Å². The molecule has 0 aliphatic carbocycles. The molecule has 0 aliphatic heterocycles. The third-order valence-electron chi connectivity index (χ3n) is 3.37. The molecule has 0 unspecified atom stereocenters. The van der Waals surface area contributed by atoms with Crippen molar-refractivity contribution in [1.82, 2.24) is 0 Å². The molecule has 15 heavy (non-hydrogen) atoms. The van der Waals surface area contributed by atoms with Crippen LogP contribution < -0.4 is 0 Å². The molecule has 1 N–H and O–H groups in total. The summed E-state index contributed by atoms with van der Waals surface area (Å²) >= 11 is 0. The van der Waals surface area contributed by atoms with Gasteiger partial charge < -0.3 is 5.11 Å². The van der Waals surface area contributed by atoms with E-state index in [9.17, 15) is 4.79 Å². The van der Waals surface area contributed by atoms with E-state index in [2.05, 4.69) is 20.8 Å². The number of hydrogen-bond acceptors (Lipinski definition) is 1. The number of carboxylic acid groups (broad SMARTS) is 1. The maximum Gasteiger partial charge on any atom is 0.335 e. The summed E-state index contributed by atoms with van der Waals surface area (Å²) in [6.07, 6.45) is 1.90. The molecule has 82 valence electrons. The second-order valence-electron chi connectivity index (χ2n) is 4.12. The largest absolute Gasteiger partial charge is 0.478 e. The predicted octanol–water partition coefficient (Wildman–Crippen LogP) is 3.46. The fraction of sp³-hybridized carbons (Fsp3) is 0.462. The van der Waals surface area contributed by atoms with Gasteiger partial charge >= 0.3 is 5.97 Å². The molecule has 2 heteroatoms. The number of carbonyl (C=O) groups is 1. The lowest BCUT2D eigenvalue weighted by Gasteiger charge is -2.28. The fourth-order valence-corrected chi connectivity index (χ4v) is 1.83. The van der Waals surface area contributed by atoms with E-state index in [1.165, 1.54) is 0 Å². The summed E-state index contributed by atoms with van der Waals surface area (Å²) in [5, 5.41) is 9.12. The minimum Gasteiger partial charge on any atom is -0.478 e. The lowest BCUT2D eigenvalue weighted by Crippen LogP contribution is -2.22. The first kappa shape index (κ1) is 11.8. The zero-order valence-corrected chi connectivity index (χ0v) is 9.58. The quantitative estimate of drug-likeness (QED) is 0.819. The number of hydrogen-bond donors (Lipinski definition) is 1. The zero-order chi connectivity index (χ0) is 11.5. The van der Waals surface area contributed by atoms with Gasteiger partial charge in [-0.3, -0.25) is 0 Å². The van der Waals surface area contributed by atoms with Crippen LogP contribution in [-0.4, -0.2) is 11.1 Å². The van der Waals surface area contributed by atoms with Crippen molar-refractivity contribution >= 4 is 5.97 Å². The van der Waals surface area contributed by atoms with E-state index in [1.54, 1.807) is 12.1 Å². The average Bonchev–Trinajstić information content (AvgIpc) is 2.28. The summed E-state index contributed by atoms with van der Waals surface area (Å²) in [4.78, 5) is 11.1. The topological polar surface area (TPSA) is 37.3 Å². The number of benzene rings is 1. The van der Waals surface area contributed by atoms with E-state index in [4.69, 9.17) is 5.11 Å². The second kappa shape index (κ2) is 4.47. The molecule has 1 rings (SSSR count). The van der Waals surface area contributed by atoms with Crippen molar-refractivity contribution in [2.45, 2.75) is 39.0 Å². The summed E-state index contributed by atoms with van der Waals surface area (Å²) < 4.78 is 0. The van der Waals surface area contributed by atoms with E-state index in [-0.39, 0.29) is 5.41 Å². The fourth-order valence-electron chi connectivity index (χ4n) is 1.83. The highest BCUT2D eigenvalue weighted by atomic mass is 16.4. The zero-order valence-electron chi connectivity index (χ0n) is 9.58. The van der Waals surface area contributed by atoms with Crippen molar-refractivity contribution in [3.8, 4) is 0 Å². The minimum absolute atomic E-state index is 0.0328. The monoisotopic (exact) mass is 206 g/mol. The van der Waals surface area contributed by atoms with Gasteiger partial charge in [0.25, 0.3) is 0 Å². The third-order valence-corrected chi connectivity index (χ3v) is 3.37. The molecule has 0 aliphatic rings. The number of rotatable bonds is 4. The van der Waals surface area contributed by atoms with Gasteiger partial charge in [-0.15, -0.1) is 0 Å². The summed E-state index contributed by atoms with van der Waals surface area (Å²) in [5.74, 6) is -0.835. The molecule has 0 saturated heterocycles. The molecule has 0 saturated carbocycles. The number of aromatic carboxylic acids is 1. The van der Waals surface area contributed by atoms with Crippen LogP contribution in [0.4, 0.5) is 0 Å². The molecule has 0 radical (unpaired) electrons. The SMILES string of the molecule is CCC(C)(CC)c1ccccc1C(=O)O. The Kier molecular flexibility index (Phi) is 3.51. The summed E-state index contributed by atoms with van der Waals surface area (Å²) in [6, 6.07) is 7.29. The molecule has 0 amide bonds. The van der Waals surface area contributed by atoms with Crippen LogP contribution in [0.3, 0.4) is 0 Å². The Morgan fingerprint density at radius 3 is 2.27 bits per heavy atom. The van der Waals surface area contributed by atoms with Gasteiger partial charge in [-0.2, -0.15) is 0 Å². The summed E-state index contributed by atoms with van der Waals surface area (Å²) in [6.45, 7) is 6.32. The summed E-state index contributed by atoms with van der Waals surface area (Å²) in [7, 11) is 0. The first-order valence-electron chi connectivity index (χ1n) is 5.38. The molecule has 0 spiro atoms. The Balaban J connectivity index is 3.29. The van der Waals surface area contributed by atoms with Crippen molar-refractivity contribution in [2.24, 2.45) is 0 Å². The van der Waals surface area contributed by atoms with Crippen LogP contribution in [0, 0.1) is 0 Å². The average molecular weight is 206 g/mol. The van der Waals surface area contributed by atoms with Gasteiger partial charge in [0, 0.05) is 0 Å². The van der Waals surface area contributed by atoms with Crippen LogP contribution in [0.2, 0.25) is 0 Å². The molecule has 0 fully saturated rings. The standard InChI is InChI=1S/C13H18O2/c1-4-13(3,5-2)11-9-7-6-8-10(11)12(14)15/h6-9H,4-5H2,1-3H3,(H,14,15). The molecule has 1 aromatic carbocycles. The Bertz CT molecular complexity index is 351. The van der Waals surface area contributed by atoms with Gasteiger partial charge in [-0.05, 0) is 29.9 Å². The van der Waals surface area contributed by atoms with Crippen molar-refractivity contribution in [3.63, 3.8) is 0 Å². The molecule has 0 atom stereocenters. The second-order valence-corrected chi connectivity index (χ2v) is 4.12. The Morgan fingerprint density at radius 1 is 1.27 bits per heavy atom. The molecule has 2 nitrogen and oxygen atoms in total. The molecule has 0 aromatic heterocycles. The highest BCUT2D eigenvalue weighted by molar-refractivity contribution is 5.89. The first-order chi connectivity index (χ1) is 7.05. The third kappa shape index (κ3) is 2.20. The van der Waals surface area contributed by atoms with Crippen LogP contribution in [0.1, 0.15) is 49.5 Å². The van der Waals surface area contributed by atoms with E-state index in [0.29, 0.717) is 5.56 Å². The molecule has 0 bridgehead atoms. The van der Waals surface area contributed by atoms with Crippen LogP contribution in [-0.2, 0) is 5.41 Å². The van der Waals surface area contributed by atoms with E-state index < -0.39 is 5.97 Å². The van der Waals surface area contributed by atoms with Gasteiger partial charge in [0.2, 0.25) is 0 Å². The smallest absolute Gasteiger partial charge is 0.335 e. The van der Waals surface area contributed by atoms with Crippen molar-refractivity contribution in [1.29, 1.82) is 0 Å². The first-order valence-corrected chi connectivity index (χ1v) is 5.38. The van der Waals surface area contributed by atoms with Crippen molar-refractivity contribution in [3.05, 3.63) is 35.4 Å². The highest BCUT2D eigenvalue weighted by Gasteiger charge is 2.26. The highest BCUT2D eigenvalue weighted by Crippen LogP contribution is 2.33. The molecular formula is C13H18O2. The maximum atomic E-state index is 11.1. The van der Waals surface area contributed by atoms with Gasteiger partial charge in [0.15, 0.2) is 0 Å². The lowest BCUT2D eigenvalue weighted by molar-refractivity contribution is 0.0693. The van der Waals surface area contributed by atoms with Crippen LogP contribution >= 0.6 is 0 Å². The van der Waals surface area contributed by atoms with Crippen molar-refractivity contribution in [2.75, 3.05) is 0 Å². The molecule has 1 aromatic rings. The van der Waals surface area contributed by atoms with E-state index in [0.717, 1.165) is 18.4 Å². The Labute approximate surface area is 90.9 Å². The maximum absolute atomic E-state index is 11.1. The minimum atomic E-state index is -0.835. The van der Waals surface area contributed by atoms with Gasteiger partial charge in [-0.1, -0.05) is 39.0 Å². The lowest BCUT2D eigenvalue weighted by atomic mass is 9.76. The van der Waals surface area contributed by atoms with Crippen LogP contribution in [0.25, 0.3) is 0 Å². The Morgan fingerprint density at radius 2 is 1.80 bits per heavy atom.